The second kappa shape index (κ2) is 11.3. The number of benzene rings is 2. The van der Waals surface area contributed by atoms with Crippen molar-refractivity contribution in [1.29, 1.82) is 0 Å². The summed E-state index contributed by atoms with van der Waals surface area (Å²) in [6.45, 7) is 5.89. The Morgan fingerprint density at radius 2 is 1.77 bits per heavy atom. The Morgan fingerprint density at radius 3 is 2.38 bits per heavy atom. The number of aliphatic hydroxyl groups is 1. The van der Waals surface area contributed by atoms with Gasteiger partial charge in [-0.25, -0.2) is 4.39 Å². The first-order valence-electron chi connectivity index (χ1n) is 12.8. The van der Waals surface area contributed by atoms with E-state index in [1.165, 1.54) is 12.1 Å². The number of ether oxygens (including phenoxy) is 1. The standard InChI is InChI=1S/C29H34FN5O4/c1-18(31-4)25(27(37)32-20-9-7-6-8-10-20)28(38)33-21-11-12-24(23(30)17-21)39-29(3)14-16-34(5)35-15-13-22(19(2)36)26(29)35/h6-13,15,17,19,31,36H,14,16H2,1-5H3,(H,32,37)(H,33,38)/p+1/b25-18+. The fraction of sp³-hybridized carbons (Fsp3) is 0.310. The molecule has 0 spiro atoms. The number of allylic oxidation sites excluding steroid dienone is 1. The SMILES string of the molecule is C[NH2+]/C(C)=C(\C(=O)Nc1ccccc1)C(=O)Nc1ccc(OC2(C)CCN(C)n3ccc(C(C)O)c32)c(F)c1. The van der Waals surface area contributed by atoms with Crippen molar-refractivity contribution in [3.63, 3.8) is 0 Å². The van der Waals surface area contributed by atoms with Gasteiger partial charge < -0.3 is 30.8 Å². The van der Waals surface area contributed by atoms with E-state index in [9.17, 15) is 14.7 Å². The van der Waals surface area contributed by atoms with Crippen molar-refractivity contribution >= 4 is 23.2 Å². The quantitative estimate of drug-likeness (QED) is 0.201. The Kier molecular flexibility index (Phi) is 8.08. The number of nitrogens with zero attached hydrogens (tertiary/aromatic N) is 2. The molecule has 10 heteroatoms. The highest BCUT2D eigenvalue weighted by Gasteiger charge is 2.40. The number of carbonyl (C=O) groups excluding carboxylic acids is 2. The van der Waals surface area contributed by atoms with E-state index >= 15 is 4.39 Å². The fourth-order valence-electron chi connectivity index (χ4n) is 4.72. The molecule has 5 N–H and O–H groups in total. The molecule has 1 aromatic heterocycles. The van der Waals surface area contributed by atoms with Crippen LogP contribution in [0.1, 0.15) is 44.6 Å². The van der Waals surface area contributed by atoms with Gasteiger partial charge in [0.1, 0.15) is 5.70 Å². The zero-order valence-electron chi connectivity index (χ0n) is 22.8. The van der Waals surface area contributed by atoms with Crippen molar-refractivity contribution in [2.75, 3.05) is 36.3 Å². The van der Waals surface area contributed by atoms with E-state index in [0.717, 1.165) is 11.8 Å². The van der Waals surface area contributed by atoms with Crippen LogP contribution in [0, 0.1) is 5.82 Å². The van der Waals surface area contributed by atoms with E-state index in [4.69, 9.17) is 4.74 Å². The number of halogens is 1. The van der Waals surface area contributed by atoms with Crippen LogP contribution in [-0.4, -0.2) is 42.2 Å². The lowest BCUT2D eigenvalue weighted by atomic mass is 9.91. The lowest BCUT2D eigenvalue weighted by Gasteiger charge is -2.41. The van der Waals surface area contributed by atoms with Crippen LogP contribution in [-0.2, 0) is 15.2 Å². The molecule has 0 bridgehead atoms. The molecule has 1 aliphatic rings. The zero-order valence-corrected chi connectivity index (χ0v) is 22.8. The van der Waals surface area contributed by atoms with Crippen LogP contribution < -0.4 is 25.7 Å². The topological polar surface area (TPSA) is 112 Å². The van der Waals surface area contributed by atoms with Crippen LogP contribution in [0.15, 0.2) is 72.1 Å². The van der Waals surface area contributed by atoms with Crippen LogP contribution in [0.4, 0.5) is 15.8 Å². The molecule has 2 atom stereocenters. The van der Waals surface area contributed by atoms with Crippen LogP contribution >= 0.6 is 0 Å². The summed E-state index contributed by atoms with van der Waals surface area (Å²) in [5, 5.41) is 19.3. The normalized spacial score (nSPS) is 18.1. The smallest absolute Gasteiger partial charge is 0.267 e. The summed E-state index contributed by atoms with van der Waals surface area (Å²) < 4.78 is 23.5. The minimum Gasteiger partial charge on any atom is -0.478 e. The van der Waals surface area contributed by atoms with E-state index in [2.05, 4.69) is 10.6 Å². The molecule has 2 heterocycles. The Balaban J connectivity index is 1.55. The summed E-state index contributed by atoms with van der Waals surface area (Å²) in [6, 6.07) is 14.8. The molecule has 0 aliphatic carbocycles. The average molecular weight is 537 g/mol. The molecule has 206 valence electrons. The van der Waals surface area contributed by atoms with Crippen molar-refractivity contribution in [3.05, 3.63) is 89.1 Å². The minimum absolute atomic E-state index is 0.0139. The van der Waals surface area contributed by atoms with Gasteiger partial charge in [0.25, 0.3) is 11.8 Å². The maximum absolute atomic E-state index is 15.3. The number of aromatic nitrogens is 1. The predicted molar refractivity (Wildman–Crippen MR) is 147 cm³/mol. The van der Waals surface area contributed by atoms with E-state index in [0.29, 0.717) is 29.9 Å². The van der Waals surface area contributed by atoms with E-state index < -0.39 is 29.3 Å². The molecule has 2 amide bonds. The highest BCUT2D eigenvalue weighted by molar-refractivity contribution is 6.26. The first-order valence-corrected chi connectivity index (χ1v) is 12.8. The number of nitrogens with two attached hydrogens (primary N) is 1. The molecule has 1 aliphatic heterocycles. The molecule has 3 aromatic rings. The van der Waals surface area contributed by atoms with Gasteiger partial charge >= 0.3 is 0 Å². The lowest BCUT2D eigenvalue weighted by Crippen LogP contribution is -2.77. The molecule has 0 saturated heterocycles. The molecule has 2 unspecified atom stereocenters. The van der Waals surface area contributed by atoms with Crippen LogP contribution in [0.25, 0.3) is 0 Å². The Hall–Kier alpha value is -4.15. The van der Waals surface area contributed by atoms with Crippen LogP contribution in [0.2, 0.25) is 0 Å². The monoisotopic (exact) mass is 536 g/mol. The largest absolute Gasteiger partial charge is 0.478 e. The number of fused-ring (bicyclic) bond motifs is 1. The molecule has 0 radical (unpaired) electrons. The number of quaternary nitrogens is 1. The van der Waals surface area contributed by atoms with Gasteiger partial charge in [0.2, 0.25) is 0 Å². The number of nitrogens with one attached hydrogen (secondary N) is 2. The second-order valence-corrected chi connectivity index (χ2v) is 9.87. The van der Waals surface area contributed by atoms with E-state index in [1.807, 2.05) is 42.0 Å². The summed E-state index contributed by atoms with van der Waals surface area (Å²) >= 11 is 0. The van der Waals surface area contributed by atoms with Gasteiger partial charge in [0, 0.05) is 56.1 Å². The number of rotatable bonds is 8. The first-order chi connectivity index (χ1) is 18.5. The van der Waals surface area contributed by atoms with E-state index in [-0.39, 0.29) is 17.0 Å². The van der Waals surface area contributed by atoms with Gasteiger partial charge in [-0.3, -0.25) is 14.3 Å². The van der Waals surface area contributed by atoms with Crippen LogP contribution in [0.3, 0.4) is 0 Å². The lowest BCUT2D eigenvalue weighted by molar-refractivity contribution is -0.576. The second-order valence-electron chi connectivity index (χ2n) is 9.87. The minimum atomic E-state index is -0.895. The van der Waals surface area contributed by atoms with Gasteiger partial charge in [0.05, 0.1) is 18.8 Å². The van der Waals surface area contributed by atoms with Crippen molar-refractivity contribution < 1.29 is 29.1 Å². The Labute approximate surface area is 227 Å². The van der Waals surface area contributed by atoms with Crippen molar-refractivity contribution in [2.45, 2.75) is 38.9 Å². The number of carbonyl (C=O) groups is 2. The third-order valence-corrected chi connectivity index (χ3v) is 6.97. The fourth-order valence-corrected chi connectivity index (χ4v) is 4.72. The molecule has 4 rings (SSSR count). The number of aliphatic hydroxyl groups excluding tert-OH is 1. The van der Waals surface area contributed by atoms with Crippen molar-refractivity contribution in [2.24, 2.45) is 0 Å². The summed E-state index contributed by atoms with van der Waals surface area (Å²) in [5.74, 6) is -1.88. The van der Waals surface area contributed by atoms with Gasteiger partial charge in [0.15, 0.2) is 22.7 Å². The number of amides is 2. The summed E-state index contributed by atoms with van der Waals surface area (Å²) in [6.07, 6.45) is 1.72. The van der Waals surface area contributed by atoms with Gasteiger partial charge in [-0.15, -0.1) is 0 Å². The number of hydrogen-bond acceptors (Lipinski definition) is 5. The van der Waals surface area contributed by atoms with Gasteiger partial charge in [-0.05, 0) is 44.2 Å². The van der Waals surface area contributed by atoms with Gasteiger partial charge in [-0.1, -0.05) is 18.2 Å². The molecule has 0 fully saturated rings. The molecule has 39 heavy (non-hydrogen) atoms. The van der Waals surface area contributed by atoms with Crippen molar-refractivity contribution in [1.82, 2.24) is 4.68 Å². The van der Waals surface area contributed by atoms with E-state index in [1.54, 1.807) is 50.5 Å². The van der Waals surface area contributed by atoms with Crippen molar-refractivity contribution in [3.8, 4) is 5.75 Å². The number of anilines is 2. The maximum Gasteiger partial charge on any atom is 0.267 e. The average Bonchev–Trinajstić information content (AvgIpc) is 3.37. The predicted octanol–water partition coefficient (Wildman–Crippen LogP) is 2.99. The zero-order chi connectivity index (χ0) is 28.3. The maximum atomic E-state index is 15.3. The molecular formula is C29H35FN5O4+. The molecular weight excluding hydrogens is 501 g/mol. The highest BCUT2D eigenvalue weighted by Crippen LogP contribution is 2.39. The Morgan fingerprint density at radius 1 is 1.10 bits per heavy atom. The summed E-state index contributed by atoms with van der Waals surface area (Å²) in [5.41, 5.74) is 1.71. The first kappa shape index (κ1) is 27.9. The highest BCUT2D eigenvalue weighted by atomic mass is 19.1. The summed E-state index contributed by atoms with van der Waals surface area (Å²) in [7, 11) is 3.67. The molecule has 2 aromatic carbocycles. The molecule has 9 nitrogen and oxygen atoms in total. The third kappa shape index (κ3) is 5.81. The third-order valence-electron chi connectivity index (χ3n) is 6.97. The number of hydrogen-bond donors (Lipinski definition) is 4. The van der Waals surface area contributed by atoms with Crippen LogP contribution in [0.5, 0.6) is 5.75 Å². The number of para-hydroxylation sites is 1. The molecule has 0 saturated carbocycles. The summed E-state index contributed by atoms with van der Waals surface area (Å²) in [4.78, 5) is 26.0. The van der Waals surface area contributed by atoms with Gasteiger partial charge in [-0.2, -0.15) is 0 Å². The Bertz CT molecular complexity index is 1390.